The molecule has 0 saturated heterocycles. The van der Waals surface area contributed by atoms with Crippen molar-refractivity contribution < 1.29 is 9.18 Å². The van der Waals surface area contributed by atoms with Crippen LogP contribution in [0.1, 0.15) is 11.1 Å². The lowest BCUT2D eigenvalue weighted by molar-refractivity contribution is -0.115. The van der Waals surface area contributed by atoms with Crippen LogP contribution < -0.4 is 0 Å². The van der Waals surface area contributed by atoms with Crippen molar-refractivity contribution in [3.63, 3.8) is 0 Å². The molecule has 0 heterocycles. The summed E-state index contributed by atoms with van der Waals surface area (Å²) in [6.45, 7) is 1.95. The highest BCUT2D eigenvalue weighted by atomic mass is 35.5. The Kier molecular flexibility index (Phi) is 3.43. The van der Waals surface area contributed by atoms with Gasteiger partial charge in [0.25, 0.3) is 5.24 Å². The van der Waals surface area contributed by atoms with E-state index in [0.29, 0.717) is 0 Å². The van der Waals surface area contributed by atoms with Gasteiger partial charge >= 0.3 is 0 Å². The van der Waals surface area contributed by atoms with Crippen molar-refractivity contribution >= 4 is 16.8 Å². The molecule has 1 nitrogen and oxygen atoms in total. The Morgan fingerprint density at radius 3 is 2.46 bits per heavy atom. The maximum absolute atomic E-state index is 12.8. The fourth-order valence-corrected chi connectivity index (χ4v) is 1.09. The Labute approximate surface area is 81.5 Å². The van der Waals surface area contributed by atoms with Crippen molar-refractivity contribution in [3.05, 3.63) is 35.4 Å². The van der Waals surface area contributed by atoms with Crippen LogP contribution in [0.4, 0.5) is 4.39 Å². The third-order valence-corrected chi connectivity index (χ3v) is 2.02. The fourth-order valence-electron chi connectivity index (χ4n) is 1.01. The third kappa shape index (κ3) is 3.15. The number of carbonyl (C=O) groups is 1. The molecule has 0 fully saturated rings. The second-order valence-electron chi connectivity index (χ2n) is 2.96. The summed E-state index contributed by atoms with van der Waals surface area (Å²) >= 11 is 5.00. The summed E-state index contributed by atoms with van der Waals surface area (Å²) in [6.07, 6.45) is -1.54. The normalized spacial score (nSPS) is 12.5. The Morgan fingerprint density at radius 1 is 1.46 bits per heavy atom. The van der Waals surface area contributed by atoms with E-state index < -0.39 is 11.4 Å². The van der Waals surface area contributed by atoms with Crippen molar-refractivity contribution in [2.45, 2.75) is 19.5 Å². The van der Waals surface area contributed by atoms with Gasteiger partial charge in [0, 0.05) is 6.42 Å². The Morgan fingerprint density at radius 2 is 2.00 bits per heavy atom. The summed E-state index contributed by atoms with van der Waals surface area (Å²) in [7, 11) is 0. The van der Waals surface area contributed by atoms with E-state index >= 15 is 0 Å². The van der Waals surface area contributed by atoms with Gasteiger partial charge in [-0.05, 0) is 24.1 Å². The van der Waals surface area contributed by atoms with E-state index in [1.165, 1.54) is 0 Å². The lowest BCUT2D eigenvalue weighted by Gasteiger charge is -2.03. The van der Waals surface area contributed by atoms with Gasteiger partial charge in [-0.15, -0.1) is 0 Å². The standard InChI is InChI=1S/C10H10ClFO/c1-7-2-4-8(5-3-7)6-9(12)10(11)13/h2-5,9H,6H2,1H3. The highest BCUT2D eigenvalue weighted by molar-refractivity contribution is 6.64. The second-order valence-corrected chi connectivity index (χ2v) is 3.33. The smallest absolute Gasteiger partial charge is 0.256 e. The van der Waals surface area contributed by atoms with E-state index in [0.717, 1.165) is 11.1 Å². The molecule has 0 aliphatic heterocycles. The number of rotatable bonds is 3. The molecule has 0 amide bonds. The predicted octanol–water partition coefficient (Wildman–Crippen LogP) is 2.64. The zero-order chi connectivity index (χ0) is 9.84. The van der Waals surface area contributed by atoms with E-state index in [2.05, 4.69) is 0 Å². The van der Waals surface area contributed by atoms with Crippen molar-refractivity contribution in [1.82, 2.24) is 0 Å². The van der Waals surface area contributed by atoms with Crippen LogP contribution in [0.2, 0.25) is 0 Å². The van der Waals surface area contributed by atoms with Gasteiger partial charge in [-0.25, -0.2) is 4.39 Å². The molecule has 1 aromatic rings. The van der Waals surface area contributed by atoms with Gasteiger partial charge in [0.2, 0.25) is 0 Å². The number of halogens is 2. The molecule has 0 spiro atoms. The van der Waals surface area contributed by atoms with E-state index in [-0.39, 0.29) is 6.42 Å². The number of alkyl halides is 1. The van der Waals surface area contributed by atoms with Crippen molar-refractivity contribution in [2.24, 2.45) is 0 Å². The summed E-state index contributed by atoms with van der Waals surface area (Å²) in [5.74, 6) is 0. The monoisotopic (exact) mass is 200 g/mol. The molecular formula is C10H10ClFO. The van der Waals surface area contributed by atoms with Gasteiger partial charge in [0.05, 0.1) is 0 Å². The molecule has 13 heavy (non-hydrogen) atoms. The third-order valence-electron chi connectivity index (χ3n) is 1.78. The molecule has 0 aliphatic carbocycles. The van der Waals surface area contributed by atoms with Crippen LogP contribution in [0.15, 0.2) is 24.3 Å². The molecule has 0 saturated carbocycles. The number of hydrogen-bond donors (Lipinski definition) is 0. The number of hydrogen-bond acceptors (Lipinski definition) is 1. The number of aryl methyl sites for hydroxylation is 1. The molecule has 1 unspecified atom stereocenters. The minimum Gasteiger partial charge on any atom is -0.278 e. The first-order valence-corrected chi connectivity index (χ1v) is 4.36. The first-order chi connectivity index (χ1) is 6.09. The quantitative estimate of drug-likeness (QED) is 0.686. The minimum absolute atomic E-state index is 0.0581. The van der Waals surface area contributed by atoms with Crippen molar-refractivity contribution in [2.75, 3.05) is 0 Å². The van der Waals surface area contributed by atoms with Gasteiger partial charge in [-0.2, -0.15) is 0 Å². The zero-order valence-electron chi connectivity index (χ0n) is 7.26. The molecule has 0 N–H and O–H groups in total. The highest BCUT2D eigenvalue weighted by Gasteiger charge is 2.14. The van der Waals surface area contributed by atoms with Crippen LogP contribution in [-0.2, 0) is 11.2 Å². The summed E-state index contributed by atoms with van der Waals surface area (Å²) < 4.78 is 12.8. The lowest BCUT2D eigenvalue weighted by Crippen LogP contribution is -2.12. The average molecular weight is 201 g/mol. The predicted molar refractivity (Wildman–Crippen MR) is 50.6 cm³/mol. The van der Waals surface area contributed by atoms with E-state index in [9.17, 15) is 9.18 Å². The van der Waals surface area contributed by atoms with Crippen LogP contribution in [-0.4, -0.2) is 11.4 Å². The van der Waals surface area contributed by atoms with Crippen LogP contribution in [0.3, 0.4) is 0 Å². The number of carbonyl (C=O) groups excluding carboxylic acids is 1. The Bertz CT molecular complexity index is 294. The second kappa shape index (κ2) is 4.38. The SMILES string of the molecule is Cc1ccc(CC(F)C(=O)Cl)cc1. The van der Waals surface area contributed by atoms with Crippen LogP contribution >= 0.6 is 11.6 Å². The largest absolute Gasteiger partial charge is 0.278 e. The lowest BCUT2D eigenvalue weighted by atomic mass is 10.1. The van der Waals surface area contributed by atoms with Gasteiger partial charge in [-0.1, -0.05) is 29.8 Å². The fraction of sp³-hybridized carbons (Fsp3) is 0.300. The molecule has 0 bridgehead atoms. The summed E-state index contributed by atoms with van der Waals surface area (Å²) in [5, 5.41) is -0.930. The molecule has 70 valence electrons. The van der Waals surface area contributed by atoms with Crippen LogP contribution in [0, 0.1) is 6.92 Å². The molecule has 1 atom stereocenters. The van der Waals surface area contributed by atoms with Gasteiger partial charge in [0.1, 0.15) is 0 Å². The van der Waals surface area contributed by atoms with E-state index in [1.54, 1.807) is 12.1 Å². The highest BCUT2D eigenvalue weighted by Crippen LogP contribution is 2.09. The van der Waals surface area contributed by atoms with Gasteiger partial charge in [-0.3, -0.25) is 4.79 Å². The minimum atomic E-state index is -1.59. The first kappa shape index (κ1) is 10.2. The summed E-state index contributed by atoms with van der Waals surface area (Å²) in [5.41, 5.74) is 1.89. The molecule has 3 heteroatoms. The molecule has 1 aromatic carbocycles. The van der Waals surface area contributed by atoms with Gasteiger partial charge in [0.15, 0.2) is 6.17 Å². The molecule has 0 aromatic heterocycles. The summed E-state index contributed by atoms with van der Waals surface area (Å²) in [6, 6.07) is 7.34. The van der Waals surface area contributed by atoms with Crippen LogP contribution in [0.5, 0.6) is 0 Å². The van der Waals surface area contributed by atoms with E-state index in [1.807, 2.05) is 19.1 Å². The van der Waals surface area contributed by atoms with Gasteiger partial charge < -0.3 is 0 Å². The molecular weight excluding hydrogens is 191 g/mol. The number of benzene rings is 1. The molecule has 1 rings (SSSR count). The maximum Gasteiger partial charge on any atom is 0.256 e. The Hall–Kier alpha value is -0.890. The summed E-state index contributed by atoms with van der Waals surface area (Å²) in [4.78, 5) is 10.4. The molecule has 0 aliphatic rings. The van der Waals surface area contributed by atoms with E-state index in [4.69, 9.17) is 11.6 Å². The zero-order valence-corrected chi connectivity index (χ0v) is 8.01. The van der Waals surface area contributed by atoms with Crippen LogP contribution in [0.25, 0.3) is 0 Å². The van der Waals surface area contributed by atoms with Crippen molar-refractivity contribution in [1.29, 1.82) is 0 Å². The average Bonchev–Trinajstić information content (AvgIpc) is 2.08. The Balaban J connectivity index is 2.64. The maximum atomic E-state index is 12.8. The molecule has 0 radical (unpaired) electrons. The van der Waals surface area contributed by atoms with Crippen molar-refractivity contribution in [3.8, 4) is 0 Å². The first-order valence-electron chi connectivity index (χ1n) is 3.98. The topological polar surface area (TPSA) is 17.1 Å².